The van der Waals surface area contributed by atoms with E-state index >= 15 is 0 Å². The summed E-state index contributed by atoms with van der Waals surface area (Å²) in [5.41, 5.74) is 2.62. The van der Waals surface area contributed by atoms with Gasteiger partial charge < -0.3 is 9.84 Å². The zero-order valence-corrected chi connectivity index (χ0v) is 14.1. The monoisotopic (exact) mass is 337 g/mol. The van der Waals surface area contributed by atoms with Crippen LogP contribution in [0.3, 0.4) is 0 Å². The maximum absolute atomic E-state index is 11.1. The van der Waals surface area contributed by atoms with E-state index in [9.17, 15) is 4.79 Å². The predicted octanol–water partition coefficient (Wildman–Crippen LogP) is 3.24. The van der Waals surface area contributed by atoms with Crippen LogP contribution < -0.4 is 4.74 Å². The molecule has 128 valence electrons. The summed E-state index contributed by atoms with van der Waals surface area (Å²) in [6.45, 7) is 4.10. The average Bonchev–Trinajstić information content (AvgIpc) is 3.04. The molecule has 2 unspecified atom stereocenters. The van der Waals surface area contributed by atoms with Crippen molar-refractivity contribution in [2.75, 3.05) is 0 Å². The fourth-order valence-corrected chi connectivity index (χ4v) is 3.47. The highest BCUT2D eigenvalue weighted by molar-refractivity contribution is 5.83. The van der Waals surface area contributed by atoms with Gasteiger partial charge in [-0.1, -0.05) is 37.3 Å². The number of aryl methyl sites for hydroxylation is 1. The van der Waals surface area contributed by atoms with Crippen molar-refractivity contribution in [2.24, 2.45) is 0 Å². The molecule has 0 aliphatic heterocycles. The largest absolute Gasteiger partial charge is 0.488 e. The number of ether oxygens (including phenoxy) is 1. The fourth-order valence-electron chi connectivity index (χ4n) is 3.47. The van der Waals surface area contributed by atoms with Crippen molar-refractivity contribution in [2.45, 2.75) is 38.2 Å². The molecule has 6 heteroatoms. The number of carboxylic acids is 1. The molecular weight excluding hydrogens is 318 g/mol. The van der Waals surface area contributed by atoms with E-state index in [1.807, 2.05) is 19.1 Å². The molecule has 1 aliphatic carbocycles. The zero-order valence-electron chi connectivity index (χ0n) is 14.1. The van der Waals surface area contributed by atoms with Crippen LogP contribution in [0.4, 0.5) is 0 Å². The predicted molar refractivity (Wildman–Crippen MR) is 92.1 cm³/mol. The number of carboxylic acid groups (broad SMARTS) is 1. The van der Waals surface area contributed by atoms with Crippen LogP contribution in [0.2, 0.25) is 0 Å². The molecule has 4 rings (SSSR count). The smallest absolute Gasteiger partial charge is 0.375 e. The summed E-state index contributed by atoms with van der Waals surface area (Å²) in [6, 6.07) is 12.3. The third-order valence-electron chi connectivity index (χ3n) is 5.13. The Bertz CT molecular complexity index is 951. The lowest BCUT2D eigenvalue weighted by Crippen LogP contribution is -2.49. The van der Waals surface area contributed by atoms with E-state index in [4.69, 9.17) is 9.84 Å². The molecule has 2 aromatic heterocycles. The Kier molecular flexibility index (Phi) is 3.49. The van der Waals surface area contributed by atoms with Gasteiger partial charge in [0.15, 0.2) is 5.65 Å². The summed E-state index contributed by atoms with van der Waals surface area (Å²) in [5, 5.41) is 13.1. The lowest BCUT2D eigenvalue weighted by atomic mass is 9.63. The van der Waals surface area contributed by atoms with Crippen LogP contribution in [0.5, 0.6) is 5.75 Å². The number of benzene rings is 1. The Hall–Kier alpha value is -2.89. The van der Waals surface area contributed by atoms with Gasteiger partial charge in [-0.15, -0.1) is 5.10 Å². The van der Waals surface area contributed by atoms with E-state index in [1.165, 1.54) is 10.1 Å². The van der Waals surface area contributed by atoms with E-state index in [0.717, 1.165) is 18.4 Å². The number of aromatic carboxylic acids is 1. The first-order valence-electron chi connectivity index (χ1n) is 8.30. The van der Waals surface area contributed by atoms with Crippen LogP contribution in [0.1, 0.15) is 41.5 Å². The van der Waals surface area contributed by atoms with Gasteiger partial charge in [0.05, 0.1) is 6.20 Å². The Morgan fingerprint density at radius 2 is 2.12 bits per heavy atom. The summed E-state index contributed by atoms with van der Waals surface area (Å²) >= 11 is 0. The molecule has 2 atom stereocenters. The number of carbonyl (C=O) groups is 1. The summed E-state index contributed by atoms with van der Waals surface area (Å²) in [4.78, 5) is 15.1. The number of nitrogens with zero attached hydrogens (tertiary/aromatic N) is 3. The van der Waals surface area contributed by atoms with Crippen molar-refractivity contribution in [1.29, 1.82) is 0 Å². The van der Waals surface area contributed by atoms with Gasteiger partial charge in [0, 0.05) is 5.41 Å². The molecule has 0 radical (unpaired) electrons. The summed E-state index contributed by atoms with van der Waals surface area (Å²) in [6.07, 6.45) is 3.84. The van der Waals surface area contributed by atoms with Gasteiger partial charge in [-0.3, -0.25) is 0 Å². The highest BCUT2D eigenvalue weighted by atomic mass is 16.5. The molecule has 3 aromatic rings. The second-order valence-corrected chi connectivity index (χ2v) is 6.80. The van der Waals surface area contributed by atoms with Crippen molar-refractivity contribution >= 4 is 11.6 Å². The van der Waals surface area contributed by atoms with E-state index < -0.39 is 5.97 Å². The SMILES string of the molecule is Cc1cc(OC2CCC2(C)c2ccccc2)cn2nc(C(=O)O)nc12. The molecule has 0 bridgehead atoms. The number of fused-ring (bicyclic) bond motifs is 1. The molecule has 6 nitrogen and oxygen atoms in total. The number of rotatable bonds is 4. The van der Waals surface area contributed by atoms with Crippen LogP contribution in [0.25, 0.3) is 5.65 Å². The molecule has 0 amide bonds. The molecule has 1 N–H and O–H groups in total. The normalized spacial score (nSPS) is 22.6. The molecule has 1 fully saturated rings. The van der Waals surface area contributed by atoms with Gasteiger partial charge in [-0.05, 0) is 37.0 Å². The minimum atomic E-state index is -1.14. The van der Waals surface area contributed by atoms with Crippen LogP contribution in [0, 0.1) is 6.92 Å². The minimum Gasteiger partial charge on any atom is -0.488 e. The second kappa shape index (κ2) is 5.58. The van der Waals surface area contributed by atoms with Crippen LogP contribution >= 0.6 is 0 Å². The van der Waals surface area contributed by atoms with Gasteiger partial charge in [-0.2, -0.15) is 0 Å². The second-order valence-electron chi connectivity index (χ2n) is 6.80. The van der Waals surface area contributed by atoms with E-state index in [2.05, 4.69) is 41.3 Å². The van der Waals surface area contributed by atoms with Crippen molar-refractivity contribution in [3.63, 3.8) is 0 Å². The van der Waals surface area contributed by atoms with Gasteiger partial charge in [0.1, 0.15) is 11.9 Å². The minimum absolute atomic E-state index is 0.0152. The van der Waals surface area contributed by atoms with Gasteiger partial charge >= 0.3 is 5.97 Å². The van der Waals surface area contributed by atoms with E-state index in [1.54, 1.807) is 6.20 Å². The van der Waals surface area contributed by atoms with Crippen molar-refractivity contribution in [3.8, 4) is 5.75 Å². The number of pyridine rings is 1. The Morgan fingerprint density at radius 3 is 2.76 bits per heavy atom. The quantitative estimate of drug-likeness (QED) is 0.791. The number of aromatic nitrogens is 3. The lowest BCUT2D eigenvalue weighted by molar-refractivity contribution is 0.0254. The summed E-state index contributed by atoms with van der Waals surface area (Å²) in [7, 11) is 0. The lowest BCUT2D eigenvalue weighted by Gasteiger charge is -2.47. The molecule has 0 spiro atoms. The molecule has 1 saturated carbocycles. The van der Waals surface area contributed by atoms with Crippen molar-refractivity contribution in [1.82, 2.24) is 14.6 Å². The highest BCUT2D eigenvalue weighted by Gasteiger charge is 2.45. The first-order valence-corrected chi connectivity index (χ1v) is 8.30. The van der Waals surface area contributed by atoms with Crippen LogP contribution in [-0.4, -0.2) is 31.8 Å². The first-order chi connectivity index (χ1) is 12.0. The summed E-state index contributed by atoms with van der Waals surface area (Å²) in [5.74, 6) is -0.669. The third-order valence-corrected chi connectivity index (χ3v) is 5.13. The summed E-state index contributed by atoms with van der Waals surface area (Å²) < 4.78 is 7.72. The molecule has 1 aromatic carbocycles. The fraction of sp³-hybridized carbons (Fsp3) is 0.316. The molecular formula is C19H19N3O3. The van der Waals surface area contributed by atoms with E-state index in [-0.39, 0.29) is 17.3 Å². The third kappa shape index (κ3) is 2.54. The van der Waals surface area contributed by atoms with Gasteiger partial charge in [0.25, 0.3) is 5.82 Å². The number of hydrogen-bond donors (Lipinski definition) is 1. The van der Waals surface area contributed by atoms with E-state index in [0.29, 0.717) is 11.4 Å². The van der Waals surface area contributed by atoms with Gasteiger partial charge in [-0.25, -0.2) is 14.3 Å². The number of hydrogen-bond acceptors (Lipinski definition) is 4. The standard InChI is InChI=1S/C19H19N3O3/c1-12-10-14(11-22-17(12)20-16(21-22)18(23)24)25-15-8-9-19(15,2)13-6-4-3-5-7-13/h3-7,10-11,15H,8-9H2,1-2H3,(H,23,24). The molecule has 2 heterocycles. The molecule has 1 aliphatic rings. The first kappa shape index (κ1) is 15.6. The van der Waals surface area contributed by atoms with Crippen LogP contribution in [-0.2, 0) is 5.41 Å². The highest BCUT2D eigenvalue weighted by Crippen LogP contribution is 2.45. The molecule has 0 saturated heterocycles. The van der Waals surface area contributed by atoms with Gasteiger partial charge in [0.2, 0.25) is 0 Å². The molecule has 25 heavy (non-hydrogen) atoms. The zero-order chi connectivity index (χ0) is 17.6. The Morgan fingerprint density at radius 1 is 1.36 bits per heavy atom. The van der Waals surface area contributed by atoms with Crippen LogP contribution in [0.15, 0.2) is 42.6 Å². The maximum Gasteiger partial charge on any atom is 0.375 e. The Balaban J connectivity index is 1.64. The average molecular weight is 337 g/mol. The Labute approximate surface area is 145 Å². The topological polar surface area (TPSA) is 76.7 Å². The maximum atomic E-state index is 11.1. The van der Waals surface area contributed by atoms with Crippen molar-refractivity contribution in [3.05, 3.63) is 59.5 Å². The van der Waals surface area contributed by atoms with Crippen molar-refractivity contribution < 1.29 is 14.6 Å².